The number of piperidine rings is 1. The highest BCUT2D eigenvalue weighted by Crippen LogP contribution is 2.35. The molecule has 3 aromatic rings. The van der Waals surface area contributed by atoms with Crippen LogP contribution in [0.25, 0.3) is 0 Å². The molecule has 0 amide bonds. The zero-order chi connectivity index (χ0) is 21.0. The Hall–Kier alpha value is -3.32. The van der Waals surface area contributed by atoms with Gasteiger partial charge in [-0.15, -0.1) is 0 Å². The van der Waals surface area contributed by atoms with Crippen molar-refractivity contribution >= 4 is 17.5 Å². The monoisotopic (exact) mass is 417 g/mol. The fourth-order valence-electron chi connectivity index (χ4n) is 4.08. The molecular formula is C24H27N5O2. The lowest BCUT2D eigenvalue weighted by Gasteiger charge is -2.32. The molecule has 0 unspecified atom stereocenters. The van der Waals surface area contributed by atoms with Crippen molar-refractivity contribution in [1.29, 1.82) is 0 Å². The maximum absolute atomic E-state index is 5.46. The van der Waals surface area contributed by atoms with Gasteiger partial charge >= 0.3 is 0 Å². The molecule has 1 saturated heterocycles. The Labute approximate surface area is 182 Å². The maximum Gasteiger partial charge on any atom is 0.231 e. The third-order valence-electron chi connectivity index (χ3n) is 5.67. The third-order valence-corrected chi connectivity index (χ3v) is 5.67. The smallest absolute Gasteiger partial charge is 0.231 e. The average Bonchev–Trinajstić information content (AvgIpc) is 3.23. The normalized spacial score (nSPS) is 16.3. The van der Waals surface area contributed by atoms with Crippen molar-refractivity contribution in [2.45, 2.75) is 32.4 Å². The summed E-state index contributed by atoms with van der Waals surface area (Å²) in [4.78, 5) is 11.8. The minimum Gasteiger partial charge on any atom is -0.454 e. The highest BCUT2D eigenvalue weighted by atomic mass is 16.7. The Morgan fingerprint density at radius 3 is 2.61 bits per heavy atom. The van der Waals surface area contributed by atoms with E-state index in [1.807, 2.05) is 31.2 Å². The fourth-order valence-corrected chi connectivity index (χ4v) is 4.08. The molecule has 3 heterocycles. The Morgan fingerprint density at radius 1 is 0.968 bits per heavy atom. The average molecular weight is 418 g/mol. The Morgan fingerprint density at radius 2 is 1.77 bits per heavy atom. The standard InChI is InChI=1S/C24H27N5O2/c1-17-13-23(26-20-7-8-21-22(14-20)31-16-30-21)28-24(25-17)27-19-9-11-29(12-10-19)15-18-5-3-2-4-6-18/h2-8,13-14,19H,9-12,15-16H2,1H3,(H2,25,26,27,28). The summed E-state index contributed by atoms with van der Waals surface area (Å²) in [5, 5.41) is 6.89. The van der Waals surface area contributed by atoms with Crippen LogP contribution < -0.4 is 20.1 Å². The predicted octanol–water partition coefficient (Wildman–Crippen LogP) is 4.33. The number of hydrogen-bond acceptors (Lipinski definition) is 7. The second-order valence-electron chi connectivity index (χ2n) is 8.09. The van der Waals surface area contributed by atoms with Gasteiger partial charge in [-0.2, -0.15) is 4.98 Å². The first-order valence-corrected chi connectivity index (χ1v) is 10.8. The van der Waals surface area contributed by atoms with Gasteiger partial charge in [0.2, 0.25) is 12.7 Å². The van der Waals surface area contributed by atoms with Gasteiger partial charge in [-0.25, -0.2) is 4.98 Å². The molecule has 0 atom stereocenters. The van der Waals surface area contributed by atoms with E-state index in [-0.39, 0.29) is 6.79 Å². The topological polar surface area (TPSA) is 71.5 Å². The summed E-state index contributed by atoms with van der Waals surface area (Å²) in [6, 6.07) is 18.8. The van der Waals surface area contributed by atoms with Crippen LogP contribution in [0.2, 0.25) is 0 Å². The molecule has 0 bridgehead atoms. The number of aryl methyl sites for hydroxylation is 1. The molecule has 5 rings (SSSR count). The first-order chi connectivity index (χ1) is 15.2. The summed E-state index contributed by atoms with van der Waals surface area (Å²) in [5.41, 5.74) is 3.19. The molecule has 0 aliphatic carbocycles. The van der Waals surface area contributed by atoms with Crippen LogP contribution in [-0.4, -0.2) is 40.8 Å². The Kier molecular flexibility index (Phi) is 5.58. The molecule has 0 saturated carbocycles. The molecule has 31 heavy (non-hydrogen) atoms. The van der Waals surface area contributed by atoms with Crippen LogP contribution in [0, 0.1) is 6.92 Å². The number of benzene rings is 2. The number of aromatic nitrogens is 2. The van der Waals surface area contributed by atoms with Crippen LogP contribution >= 0.6 is 0 Å². The second-order valence-corrected chi connectivity index (χ2v) is 8.09. The summed E-state index contributed by atoms with van der Waals surface area (Å²) >= 11 is 0. The summed E-state index contributed by atoms with van der Waals surface area (Å²) in [6.07, 6.45) is 2.16. The van der Waals surface area contributed by atoms with Gasteiger partial charge in [-0.3, -0.25) is 4.90 Å². The van der Waals surface area contributed by atoms with E-state index in [9.17, 15) is 0 Å². The fraction of sp³-hybridized carbons (Fsp3) is 0.333. The van der Waals surface area contributed by atoms with Crippen LogP contribution in [-0.2, 0) is 6.54 Å². The molecule has 7 heteroatoms. The van der Waals surface area contributed by atoms with E-state index in [4.69, 9.17) is 9.47 Å². The maximum atomic E-state index is 5.46. The molecule has 2 aliphatic rings. The SMILES string of the molecule is Cc1cc(Nc2ccc3c(c2)OCO3)nc(NC2CCN(Cc3ccccc3)CC2)n1. The molecule has 1 fully saturated rings. The summed E-state index contributed by atoms with van der Waals surface area (Å²) in [6.45, 7) is 5.41. The van der Waals surface area contributed by atoms with E-state index in [2.05, 4.69) is 55.8 Å². The predicted molar refractivity (Wildman–Crippen MR) is 121 cm³/mol. The van der Waals surface area contributed by atoms with Crippen LogP contribution in [0.4, 0.5) is 17.5 Å². The lowest BCUT2D eigenvalue weighted by molar-refractivity contribution is 0.174. The van der Waals surface area contributed by atoms with Crippen molar-refractivity contribution in [2.24, 2.45) is 0 Å². The Bertz CT molecular complexity index is 1040. The van der Waals surface area contributed by atoms with Crippen molar-refractivity contribution in [3.63, 3.8) is 0 Å². The molecule has 0 spiro atoms. The number of likely N-dealkylation sites (tertiary alicyclic amines) is 1. The first kappa shape index (κ1) is 19.6. The summed E-state index contributed by atoms with van der Waals surface area (Å²) < 4.78 is 10.8. The summed E-state index contributed by atoms with van der Waals surface area (Å²) in [5.74, 6) is 2.95. The van der Waals surface area contributed by atoms with Gasteiger partial charge in [0.25, 0.3) is 0 Å². The molecule has 7 nitrogen and oxygen atoms in total. The van der Waals surface area contributed by atoms with Gasteiger partial charge in [-0.05, 0) is 37.5 Å². The second kappa shape index (κ2) is 8.81. The number of rotatable bonds is 6. The van der Waals surface area contributed by atoms with Crippen molar-refractivity contribution < 1.29 is 9.47 Å². The van der Waals surface area contributed by atoms with Crippen molar-refractivity contribution in [2.75, 3.05) is 30.5 Å². The van der Waals surface area contributed by atoms with E-state index < -0.39 is 0 Å². The number of nitrogens with one attached hydrogen (secondary N) is 2. The quantitative estimate of drug-likeness (QED) is 0.618. The zero-order valence-electron chi connectivity index (χ0n) is 17.7. The van der Waals surface area contributed by atoms with Crippen LogP contribution in [0.1, 0.15) is 24.1 Å². The number of fused-ring (bicyclic) bond motifs is 1. The van der Waals surface area contributed by atoms with E-state index in [0.29, 0.717) is 12.0 Å². The number of hydrogen-bond donors (Lipinski definition) is 2. The van der Waals surface area contributed by atoms with Crippen molar-refractivity contribution in [3.8, 4) is 11.5 Å². The third kappa shape index (κ3) is 4.88. The Balaban J connectivity index is 1.19. The highest BCUT2D eigenvalue weighted by Gasteiger charge is 2.20. The molecule has 2 N–H and O–H groups in total. The molecular weight excluding hydrogens is 390 g/mol. The minimum absolute atomic E-state index is 0.267. The van der Waals surface area contributed by atoms with Gasteiger partial charge in [0.15, 0.2) is 11.5 Å². The van der Waals surface area contributed by atoms with Gasteiger partial charge in [0.1, 0.15) is 5.82 Å². The van der Waals surface area contributed by atoms with E-state index >= 15 is 0 Å². The van der Waals surface area contributed by atoms with Crippen LogP contribution in [0.3, 0.4) is 0 Å². The first-order valence-electron chi connectivity index (χ1n) is 10.8. The van der Waals surface area contributed by atoms with Crippen LogP contribution in [0.15, 0.2) is 54.6 Å². The molecule has 2 aromatic carbocycles. The van der Waals surface area contributed by atoms with Gasteiger partial charge in [-0.1, -0.05) is 30.3 Å². The molecule has 1 aromatic heterocycles. The van der Waals surface area contributed by atoms with E-state index in [1.54, 1.807) is 0 Å². The molecule has 160 valence electrons. The summed E-state index contributed by atoms with van der Waals surface area (Å²) in [7, 11) is 0. The molecule has 0 radical (unpaired) electrons. The van der Waals surface area contributed by atoms with E-state index in [0.717, 1.165) is 61.2 Å². The van der Waals surface area contributed by atoms with Gasteiger partial charge in [0.05, 0.1) is 0 Å². The number of anilines is 3. The van der Waals surface area contributed by atoms with Gasteiger partial charge in [0, 0.05) is 49.2 Å². The zero-order valence-corrected chi connectivity index (χ0v) is 17.7. The highest BCUT2D eigenvalue weighted by molar-refractivity contribution is 5.62. The minimum atomic E-state index is 0.267. The molecule has 2 aliphatic heterocycles. The van der Waals surface area contributed by atoms with Crippen molar-refractivity contribution in [3.05, 3.63) is 65.9 Å². The van der Waals surface area contributed by atoms with Gasteiger partial charge < -0.3 is 20.1 Å². The van der Waals surface area contributed by atoms with Crippen molar-refractivity contribution in [1.82, 2.24) is 14.9 Å². The number of nitrogens with zero attached hydrogens (tertiary/aromatic N) is 3. The lowest BCUT2D eigenvalue weighted by atomic mass is 10.0. The van der Waals surface area contributed by atoms with Crippen LogP contribution in [0.5, 0.6) is 11.5 Å². The lowest BCUT2D eigenvalue weighted by Crippen LogP contribution is -2.39. The largest absolute Gasteiger partial charge is 0.454 e. The number of ether oxygens (including phenoxy) is 2. The van der Waals surface area contributed by atoms with E-state index in [1.165, 1.54) is 5.56 Å².